The van der Waals surface area contributed by atoms with Crippen molar-refractivity contribution in [2.75, 3.05) is 26.9 Å². The summed E-state index contributed by atoms with van der Waals surface area (Å²) in [6.07, 6.45) is 3.47. The normalized spacial score (nSPS) is 15.3. The van der Waals surface area contributed by atoms with Gasteiger partial charge in [-0.05, 0) is 42.7 Å². The molecule has 1 aliphatic carbocycles. The van der Waals surface area contributed by atoms with Crippen molar-refractivity contribution in [3.05, 3.63) is 99.6 Å². The molecular formula is C28H32O5. The highest BCUT2D eigenvalue weighted by molar-refractivity contribution is 5.42. The molecule has 0 saturated heterocycles. The molecule has 1 heterocycles. The number of ether oxygens (including phenoxy) is 2. The van der Waals surface area contributed by atoms with Gasteiger partial charge in [0.25, 0.3) is 0 Å². The minimum atomic E-state index is -0.441. The topological polar surface area (TPSA) is 68.9 Å². The molecule has 1 aromatic heterocycles. The van der Waals surface area contributed by atoms with Crippen LogP contribution >= 0.6 is 0 Å². The molecule has 33 heavy (non-hydrogen) atoms. The minimum absolute atomic E-state index is 0.0281. The molecule has 174 valence electrons. The van der Waals surface area contributed by atoms with E-state index in [2.05, 4.69) is 12.1 Å². The highest BCUT2D eigenvalue weighted by Gasteiger charge is 2.37. The molecule has 0 radical (unpaired) electrons. The van der Waals surface area contributed by atoms with Gasteiger partial charge in [0.2, 0.25) is 0 Å². The fourth-order valence-electron chi connectivity index (χ4n) is 4.47. The summed E-state index contributed by atoms with van der Waals surface area (Å²) in [5.74, 6) is 0.671. The van der Waals surface area contributed by atoms with Gasteiger partial charge in [-0.25, -0.2) is 4.79 Å². The van der Waals surface area contributed by atoms with Crippen LogP contribution in [0.3, 0.4) is 0 Å². The Bertz CT molecular complexity index is 1060. The van der Waals surface area contributed by atoms with Gasteiger partial charge in [-0.2, -0.15) is 0 Å². The monoisotopic (exact) mass is 448 g/mol. The molecule has 0 bridgehead atoms. The molecule has 0 amide bonds. The number of benzene rings is 2. The highest BCUT2D eigenvalue weighted by Crippen LogP contribution is 2.47. The zero-order valence-electron chi connectivity index (χ0n) is 19.1. The first-order valence-electron chi connectivity index (χ1n) is 11.7. The van der Waals surface area contributed by atoms with Crippen molar-refractivity contribution in [2.45, 2.75) is 37.5 Å². The van der Waals surface area contributed by atoms with Gasteiger partial charge in [-0.3, -0.25) is 0 Å². The number of hydrogen-bond acceptors (Lipinski definition) is 5. The maximum atomic E-state index is 13.2. The van der Waals surface area contributed by atoms with Crippen molar-refractivity contribution >= 4 is 0 Å². The summed E-state index contributed by atoms with van der Waals surface area (Å²) < 4.78 is 16.6. The van der Waals surface area contributed by atoms with E-state index in [9.17, 15) is 9.90 Å². The van der Waals surface area contributed by atoms with Gasteiger partial charge in [-0.15, -0.1) is 0 Å². The standard InChI is InChI=1S/C28H32O5/c1-31-16-17-32-15-14-23(18-20-8-4-2-5-9-20)25-19-24(29)27(28(30)33-25)26(22-12-13-22)21-10-6-3-7-11-21/h2-11,19,22-23,26,29H,12-18H2,1H3. The largest absolute Gasteiger partial charge is 0.507 e. The average Bonchev–Trinajstić information content (AvgIpc) is 3.67. The molecule has 5 nitrogen and oxygen atoms in total. The summed E-state index contributed by atoms with van der Waals surface area (Å²) in [7, 11) is 1.64. The molecule has 2 aromatic carbocycles. The molecule has 4 rings (SSSR count). The van der Waals surface area contributed by atoms with Crippen LogP contribution in [0.4, 0.5) is 0 Å². The molecule has 2 atom stereocenters. The lowest BCUT2D eigenvalue weighted by atomic mass is 9.86. The fraction of sp³-hybridized carbons (Fsp3) is 0.393. The van der Waals surface area contributed by atoms with Crippen LogP contribution in [0.1, 0.15) is 53.5 Å². The van der Waals surface area contributed by atoms with Gasteiger partial charge >= 0.3 is 5.63 Å². The summed E-state index contributed by atoms with van der Waals surface area (Å²) in [4.78, 5) is 13.2. The maximum absolute atomic E-state index is 13.2. The zero-order valence-corrected chi connectivity index (χ0v) is 19.1. The van der Waals surface area contributed by atoms with E-state index in [1.807, 2.05) is 48.5 Å². The van der Waals surface area contributed by atoms with Crippen LogP contribution in [0.5, 0.6) is 5.75 Å². The third-order valence-electron chi connectivity index (χ3n) is 6.32. The summed E-state index contributed by atoms with van der Waals surface area (Å²) in [6, 6.07) is 21.7. The van der Waals surface area contributed by atoms with Crippen molar-refractivity contribution in [3.8, 4) is 5.75 Å². The second-order valence-corrected chi connectivity index (χ2v) is 8.74. The molecule has 1 saturated carbocycles. The van der Waals surface area contributed by atoms with Crippen LogP contribution in [-0.4, -0.2) is 32.0 Å². The second kappa shape index (κ2) is 11.3. The Hall–Kier alpha value is -2.89. The third kappa shape index (κ3) is 6.12. The van der Waals surface area contributed by atoms with Gasteiger partial charge in [0.1, 0.15) is 11.5 Å². The lowest BCUT2D eigenvalue weighted by Gasteiger charge is -2.20. The quantitative estimate of drug-likeness (QED) is 0.383. The zero-order chi connectivity index (χ0) is 23.0. The first kappa shape index (κ1) is 23.3. The van der Waals surface area contributed by atoms with Crippen molar-refractivity contribution in [3.63, 3.8) is 0 Å². The Kier molecular flexibility index (Phi) is 7.97. The van der Waals surface area contributed by atoms with E-state index < -0.39 is 5.63 Å². The van der Waals surface area contributed by atoms with Gasteiger partial charge in [0.05, 0.1) is 18.8 Å². The van der Waals surface area contributed by atoms with Crippen molar-refractivity contribution in [2.24, 2.45) is 5.92 Å². The molecule has 5 heteroatoms. The summed E-state index contributed by atoms with van der Waals surface area (Å²) in [5.41, 5.74) is 2.12. The van der Waals surface area contributed by atoms with Crippen molar-refractivity contribution < 1.29 is 19.0 Å². The second-order valence-electron chi connectivity index (χ2n) is 8.74. The lowest BCUT2D eigenvalue weighted by molar-refractivity contribution is 0.0661. The van der Waals surface area contributed by atoms with Crippen molar-refractivity contribution in [1.82, 2.24) is 0 Å². The molecule has 3 aromatic rings. The Morgan fingerprint density at radius 1 is 1.00 bits per heavy atom. The Labute approximate surface area is 195 Å². The van der Waals surface area contributed by atoms with Gasteiger partial charge in [0.15, 0.2) is 0 Å². The predicted octanol–water partition coefficient (Wildman–Crippen LogP) is 5.27. The van der Waals surface area contributed by atoms with Crippen molar-refractivity contribution in [1.29, 1.82) is 0 Å². The molecule has 1 fully saturated rings. The average molecular weight is 449 g/mol. The number of rotatable bonds is 12. The number of hydrogen-bond donors (Lipinski definition) is 1. The van der Waals surface area contributed by atoms with Crippen LogP contribution in [0, 0.1) is 5.92 Å². The maximum Gasteiger partial charge on any atom is 0.343 e. The fourth-order valence-corrected chi connectivity index (χ4v) is 4.47. The van der Waals surface area contributed by atoms with Crippen LogP contribution in [0.25, 0.3) is 0 Å². The molecule has 2 unspecified atom stereocenters. The molecule has 1 N–H and O–H groups in total. The summed E-state index contributed by atoms with van der Waals surface area (Å²) in [6.45, 7) is 1.57. The van der Waals surface area contributed by atoms with Gasteiger partial charge in [0, 0.05) is 31.6 Å². The molecule has 1 aliphatic rings. The summed E-state index contributed by atoms with van der Waals surface area (Å²) in [5, 5.41) is 11.0. The van der Waals surface area contributed by atoms with E-state index in [0.29, 0.717) is 49.9 Å². The smallest absolute Gasteiger partial charge is 0.343 e. The van der Waals surface area contributed by atoms with Crippen LogP contribution in [0.2, 0.25) is 0 Å². The van der Waals surface area contributed by atoms with E-state index in [1.165, 1.54) is 0 Å². The van der Waals surface area contributed by atoms with Gasteiger partial charge < -0.3 is 19.0 Å². The van der Waals surface area contributed by atoms with Crippen LogP contribution < -0.4 is 5.63 Å². The van der Waals surface area contributed by atoms with E-state index >= 15 is 0 Å². The van der Waals surface area contributed by atoms with E-state index in [4.69, 9.17) is 13.9 Å². The SMILES string of the molecule is COCCOCCC(Cc1ccccc1)c1cc(O)c(C(c2ccccc2)C2CC2)c(=O)o1. The third-order valence-corrected chi connectivity index (χ3v) is 6.32. The van der Waals surface area contributed by atoms with Gasteiger partial charge in [-0.1, -0.05) is 60.7 Å². The predicted molar refractivity (Wildman–Crippen MR) is 128 cm³/mol. The van der Waals surface area contributed by atoms with E-state index in [-0.39, 0.29) is 17.6 Å². The Balaban J connectivity index is 1.61. The van der Waals surface area contributed by atoms with Crippen LogP contribution in [0.15, 0.2) is 75.9 Å². The Morgan fingerprint density at radius 2 is 1.70 bits per heavy atom. The Morgan fingerprint density at radius 3 is 2.33 bits per heavy atom. The van der Waals surface area contributed by atoms with E-state index in [0.717, 1.165) is 24.0 Å². The molecular weight excluding hydrogens is 416 g/mol. The highest BCUT2D eigenvalue weighted by atomic mass is 16.5. The van der Waals surface area contributed by atoms with Crippen LogP contribution in [-0.2, 0) is 15.9 Å². The first-order chi connectivity index (χ1) is 16.2. The lowest BCUT2D eigenvalue weighted by Crippen LogP contribution is -2.18. The molecule has 0 spiro atoms. The molecule has 0 aliphatic heterocycles. The van der Waals surface area contributed by atoms with E-state index in [1.54, 1.807) is 13.2 Å². The first-order valence-corrected chi connectivity index (χ1v) is 11.7. The number of aromatic hydroxyl groups is 1. The minimum Gasteiger partial charge on any atom is -0.507 e. The summed E-state index contributed by atoms with van der Waals surface area (Å²) >= 11 is 0. The number of methoxy groups -OCH3 is 1.